The van der Waals surface area contributed by atoms with Gasteiger partial charge in [0.25, 0.3) is 0 Å². The highest BCUT2D eigenvalue weighted by molar-refractivity contribution is 7.77. The maximum atomic E-state index is 13.0. The summed E-state index contributed by atoms with van der Waals surface area (Å²) in [6.45, 7) is 4.39. The lowest BCUT2D eigenvalue weighted by Gasteiger charge is -2.19. The summed E-state index contributed by atoms with van der Waals surface area (Å²) in [5, 5.41) is 9.69. The monoisotopic (exact) mass is 342 g/mol. The predicted octanol–water partition coefficient (Wildman–Crippen LogP) is 2.42. The first kappa shape index (κ1) is 18.2. The average Bonchev–Trinajstić information content (AvgIpc) is 2.62. The van der Waals surface area contributed by atoms with Crippen LogP contribution in [0.3, 0.4) is 0 Å². The van der Waals surface area contributed by atoms with Crippen LogP contribution in [0.15, 0.2) is 53.8 Å². The highest BCUT2D eigenvalue weighted by Gasteiger charge is 2.28. The van der Waals surface area contributed by atoms with Crippen LogP contribution in [0.1, 0.15) is 41.4 Å². The molecule has 0 aliphatic carbocycles. The summed E-state index contributed by atoms with van der Waals surface area (Å²) in [7, 11) is 0. The number of hydrogen-bond acceptors (Lipinski definition) is 4. The largest absolute Gasteiger partial charge is 0.758 e. The fourth-order valence-electron chi connectivity index (χ4n) is 2.48. The van der Waals surface area contributed by atoms with Gasteiger partial charge in [0.15, 0.2) is 12.4 Å². The van der Waals surface area contributed by atoms with E-state index >= 15 is 0 Å². The van der Waals surface area contributed by atoms with Gasteiger partial charge in [-0.25, -0.2) is 0 Å². The molecule has 1 atom stereocenters. The summed E-state index contributed by atoms with van der Waals surface area (Å²) < 4.78 is 1.73. The molecule has 1 heterocycles. The zero-order chi connectivity index (χ0) is 17.5. The van der Waals surface area contributed by atoms with Gasteiger partial charge in [-0.2, -0.15) is 4.57 Å². The lowest BCUT2D eigenvalue weighted by Crippen LogP contribution is -2.48. The van der Waals surface area contributed by atoms with E-state index in [0.717, 1.165) is 12.0 Å². The number of nitrogens with zero attached hydrogens (tertiary/aromatic N) is 2. The van der Waals surface area contributed by atoms with E-state index in [1.165, 1.54) is 5.56 Å². The van der Waals surface area contributed by atoms with Gasteiger partial charge in [0.1, 0.15) is 0 Å². The summed E-state index contributed by atoms with van der Waals surface area (Å²) in [5.41, 5.74) is 2.50. The first-order valence-electron chi connectivity index (χ1n) is 8.05. The minimum absolute atomic E-state index is 0.0926. The van der Waals surface area contributed by atoms with Gasteiger partial charge in [-0.05, 0) is 30.0 Å². The predicted molar refractivity (Wildman–Crippen MR) is 97.1 cm³/mol. The molecule has 5 heteroatoms. The van der Waals surface area contributed by atoms with Gasteiger partial charge in [0.2, 0.25) is 11.8 Å². The number of rotatable bonds is 7. The Hall–Kier alpha value is -2.11. The number of aromatic nitrogens is 1. The topological polar surface area (TPSA) is 53.5 Å². The number of aryl methyl sites for hydroxylation is 1. The quantitative estimate of drug-likeness (QED) is 0.276. The smallest absolute Gasteiger partial charge is 0.237 e. The van der Waals surface area contributed by atoms with Crippen molar-refractivity contribution in [2.24, 2.45) is 4.99 Å². The van der Waals surface area contributed by atoms with Gasteiger partial charge in [-0.3, -0.25) is 4.79 Å². The number of aliphatic hydroxyl groups is 1. The first-order chi connectivity index (χ1) is 11.6. The van der Waals surface area contributed by atoms with Gasteiger partial charge >= 0.3 is 0 Å². The number of benzene rings is 1. The second-order valence-electron chi connectivity index (χ2n) is 5.45. The van der Waals surface area contributed by atoms with Gasteiger partial charge < -0.3 is 22.7 Å². The van der Waals surface area contributed by atoms with Crippen LogP contribution < -0.4 is 4.57 Å². The summed E-state index contributed by atoms with van der Waals surface area (Å²) in [6.07, 6.45) is 4.44. The van der Waals surface area contributed by atoms with Crippen molar-refractivity contribution in [3.05, 3.63) is 65.5 Å². The van der Waals surface area contributed by atoms with E-state index in [9.17, 15) is 9.90 Å². The Kier molecular flexibility index (Phi) is 6.58. The third-order valence-corrected chi connectivity index (χ3v) is 4.16. The maximum Gasteiger partial charge on any atom is 0.237 e. The molecule has 1 N–H and O–H groups in total. The number of pyridine rings is 1. The average molecular weight is 342 g/mol. The van der Waals surface area contributed by atoms with E-state index in [1.807, 2.05) is 31.2 Å². The normalized spacial score (nSPS) is 12.9. The number of carbonyl (C=O) groups excluding carboxylic acids is 1. The number of aliphatic imine (C=N–C) groups is 1. The SMILES string of the molecule is CCN=C([S-])[C@H](C(=O)c1ccc(CC)cc1)[n+]1cccc(CO)c1. The second-order valence-corrected chi connectivity index (χ2v) is 5.87. The van der Waals surface area contributed by atoms with Crippen molar-refractivity contribution in [2.45, 2.75) is 32.9 Å². The number of Topliss-reactive ketones (excluding diaryl/α,β-unsaturated/α-hetero) is 1. The van der Waals surface area contributed by atoms with Crippen molar-refractivity contribution < 1.29 is 14.5 Å². The molecule has 0 saturated carbocycles. The Labute approximate surface area is 148 Å². The number of ketones is 1. The van der Waals surface area contributed by atoms with Crippen LogP contribution in [0.25, 0.3) is 0 Å². The summed E-state index contributed by atoms with van der Waals surface area (Å²) in [4.78, 5) is 17.3. The van der Waals surface area contributed by atoms with Gasteiger partial charge in [-0.1, -0.05) is 31.2 Å². The molecule has 24 heavy (non-hydrogen) atoms. The highest BCUT2D eigenvalue weighted by Crippen LogP contribution is 2.14. The Morgan fingerprint density at radius 1 is 1.21 bits per heavy atom. The molecule has 0 aliphatic rings. The van der Waals surface area contributed by atoms with E-state index in [4.69, 9.17) is 12.6 Å². The molecule has 0 saturated heterocycles. The molecular formula is C19H22N2O2S. The van der Waals surface area contributed by atoms with E-state index in [2.05, 4.69) is 11.9 Å². The number of carbonyl (C=O) groups is 1. The molecule has 0 bridgehead atoms. The molecule has 2 aromatic rings. The van der Waals surface area contributed by atoms with Crippen LogP contribution >= 0.6 is 0 Å². The lowest BCUT2D eigenvalue weighted by molar-refractivity contribution is -0.692. The van der Waals surface area contributed by atoms with Crippen LogP contribution in [0.2, 0.25) is 0 Å². The van der Waals surface area contributed by atoms with Gasteiger partial charge in [-0.15, -0.1) is 0 Å². The lowest BCUT2D eigenvalue weighted by atomic mass is 10.0. The fraction of sp³-hybridized carbons (Fsp3) is 0.316. The van der Waals surface area contributed by atoms with Crippen molar-refractivity contribution in [2.75, 3.05) is 6.54 Å². The molecule has 0 aliphatic heterocycles. The highest BCUT2D eigenvalue weighted by atomic mass is 32.1. The molecule has 1 aromatic carbocycles. The first-order valence-corrected chi connectivity index (χ1v) is 8.46. The molecule has 0 fully saturated rings. The van der Waals surface area contributed by atoms with Crippen molar-refractivity contribution in [3.8, 4) is 0 Å². The molecule has 0 unspecified atom stereocenters. The minimum Gasteiger partial charge on any atom is -0.758 e. The fourth-order valence-corrected chi connectivity index (χ4v) is 2.84. The van der Waals surface area contributed by atoms with Crippen molar-refractivity contribution in [1.29, 1.82) is 0 Å². The van der Waals surface area contributed by atoms with E-state index in [1.54, 1.807) is 29.1 Å². The van der Waals surface area contributed by atoms with Crippen molar-refractivity contribution in [3.63, 3.8) is 0 Å². The molecule has 2 rings (SSSR count). The molecule has 0 amide bonds. The Morgan fingerprint density at radius 3 is 2.50 bits per heavy atom. The van der Waals surface area contributed by atoms with Crippen LogP contribution in [-0.4, -0.2) is 22.5 Å². The van der Waals surface area contributed by atoms with Crippen molar-refractivity contribution in [1.82, 2.24) is 0 Å². The van der Waals surface area contributed by atoms with Crippen LogP contribution in [-0.2, 0) is 25.7 Å². The molecular weight excluding hydrogens is 320 g/mol. The molecule has 0 radical (unpaired) electrons. The molecule has 4 nitrogen and oxygen atoms in total. The zero-order valence-corrected chi connectivity index (χ0v) is 14.8. The van der Waals surface area contributed by atoms with Crippen LogP contribution in [0, 0.1) is 0 Å². The maximum absolute atomic E-state index is 13.0. The standard InChI is InChI=1S/C19H22N2O2S/c1-3-14-7-9-16(10-8-14)18(23)17(19(24)20-4-2)21-11-5-6-15(12-21)13-22/h5-12,17,22H,3-4,13H2,1-2H3/t17-/m0/s1. The summed E-state index contributed by atoms with van der Waals surface area (Å²) in [6, 6.07) is 10.5. The third kappa shape index (κ3) is 4.24. The van der Waals surface area contributed by atoms with Gasteiger partial charge in [0.05, 0.1) is 6.61 Å². The molecule has 1 aromatic heterocycles. The van der Waals surface area contributed by atoms with Gasteiger partial charge in [0, 0.05) is 23.7 Å². The Morgan fingerprint density at radius 2 is 1.92 bits per heavy atom. The molecule has 126 valence electrons. The zero-order valence-electron chi connectivity index (χ0n) is 14.0. The Balaban J connectivity index is 2.44. The van der Waals surface area contributed by atoms with E-state index in [0.29, 0.717) is 17.2 Å². The summed E-state index contributed by atoms with van der Waals surface area (Å²) in [5.74, 6) is -0.0973. The Bertz CT molecular complexity index is 726. The second kappa shape index (κ2) is 8.66. The van der Waals surface area contributed by atoms with Crippen LogP contribution in [0.4, 0.5) is 0 Å². The van der Waals surface area contributed by atoms with Crippen molar-refractivity contribution >= 4 is 23.5 Å². The number of aliphatic hydroxyl groups excluding tert-OH is 1. The minimum atomic E-state index is -0.682. The van der Waals surface area contributed by atoms with E-state index in [-0.39, 0.29) is 12.4 Å². The van der Waals surface area contributed by atoms with E-state index < -0.39 is 6.04 Å². The summed E-state index contributed by atoms with van der Waals surface area (Å²) >= 11 is 5.39. The molecule has 0 spiro atoms. The third-order valence-electron chi connectivity index (χ3n) is 3.81. The van der Waals surface area contributed by atoms with Crippen LogP contribution in [0.5, 0.6) is 0 Å². The number of hydrogen-bond donors (Lipinski definition) is 1.